The molecule has 1 saturated carbocycles. The summed E-state index contributed by atoms with van der Waals surface area (Å²) in [6.07, 6.45) is 26.0. The summed E-state index contributed by atoms with van der Waals surface area (Å²) in [6, 6.07) is 2.62. The van der Waals surface area contributed by atoms with E-state index in [1.165, 1.54) is 36.6 Å². The molecular weight excluding hydrogens is 1390 g/mol. The highest BCUT2D eigenvalue weighted by molar-refractivity contribution is 7.88. The molecule has 0 unspecified atom stereocenters. The Morgan fingerprint density at radius 1 is 0.430 bits per heavy atom. The number of hydrogen-bond acceptors (Lipinski definition) is 33. The van der Waals surface area contributed by atoms with E-state index in [0.717, 1.165) is 86.7 Å². The van der Waals surface area contributed by atoms with E-state index in [-0.39, 0.29) is 6.04 Å². The summed E-state index contributed by atoms with van der Waals surface area (Å²) in [4.78, 5) is 89.8. The summed E-state index contributed by atoms with van der Waals surface area (Å²) in [5.41, 5.74) is 18.8. The van der Waals surface area contributed by atoms with Crippen LogP contribution in [0.15, 0.2) is 88.6 Å². The molecule has 0 amide bonds. The van der Waals surface area contributed by atoms with Crippen molar-refractivity contribution in [1.82, 2.24) is 141 Å². The Hall–Kier alpha value is -11.8. The molecule has 15 rings (SSSR count). The predicted molar refractivity (Wildman–Crippen MR) is 412 cm³/mol. The predicted octanol–water partition coefficient (Wildman–Crippen LogP) is 7.21. The maximum Gasteiger partial charge on any atom is 0.245 e. The Morgan fingerprint density at radius 2 is 0.738 bits per heavy atom. The molecule has 0 spiro atoms. The van der Waals surface area contributed by atoms with Gasteiger partial charge in [0.25, 0.3) is 0 Å². The molecule has 42 heteroatoms. The van der Waals surface area contributed by atoms with Gasteiger partial charge in [0.05, 0.1) is 57.7 Å². The maximum atomic E-state index is 11.0. The number of anilines is 6. The zero-order valence-corrected chi connectivity index (χ0v) is 64.4. The number of rotatable bonds is 17. The minimum atomic E-state index is -3.36. The molecule has 1 fully saturated rings. The monoisotopic (exact) mass is 1490 g/mol. The molecule has 0 aromatic carbocycles. The molecule has 14 aromatic rings. The molecule has 1 aliphatic carbocycles. The van der Waals surface area contributed by atoms with Crippen LogP contribution in [0.5, 0.6) is 5.88 Å². The molecule has 0 aliphatic heterocycles. The van der Waals surface area contributed by atoms with E-state index in [2.05, 4.69) is 203 Å². The number of ether oxygens (including phenoxy) is 1. The molecule has 41 nitrogen and oxygen atoms in total. The average molecular weight is 1490 g/mol. The van der Waals surface area contributed by atoms with E-state index in [1.54, 1.807) is 81.1 Å². The van der Waals surface area contributed by atoms with Crippen LogP contribution in [0, 0.1) is 0 Å². The summed E-state index contributed by atoms with van der Waals surface area (Å²) in [7, 11) is 1.78. The average Bonchev–Trinajstić information content (AvgIpc) is 1.64. The van der Waals surface area contributed by atoms with E-state index in [0.29, 0.717) is 100 Å². The van der Waals surface area contributed by atoms with Crippen LogP contribution in [-0.2, 0) is 10.0 Å². The van der Waals surface area contributed by atoms with Gasteiger partial charge in [-0.05, 0) is 117 Å². The van der Waals surface area contributed by atoms with Crippen molar-refractivity contribution in [3.05, 3.63) is 88.6 Å². The standard InChI is InChI=1S/C11H16N6.C10H16N6.C9H14N6O2S.C9H14N6.C9H13N5.C9H12N4O.C8H11N5/c1-7(2)16-6-15-9-10(16)13-5-14-11(9)17(12)8-3-4-8;1-4-16(11)10-8-9(12-5-13-10)15(6-14-8)7(2)3;1-6(2)15-5-12-7-8(10-4-11-9(7)15)13-14-18(3,16)17;1-6(2)15-5-13-7-8(14(3)10)11-4-12-9(7)15;1-6(2)14-5-13-7-8(10-3)11-4-12-9(7)14;1-6(2)13-5-12-7-8(13)10-4-11-9(7)14-3;1-5(2)13-4-12-6-7(9)10-3-11-8(6)13/h5-8H,3-4,12H2,1-2H3;5-7H,4,11H2,1-3H3;4-6,14H,1-3H3,(H,10,11,13);4-6H,10H2,1-3H3;4-6H,1-3H3,(H,10,11,12);4-6H,1-3H3;3-5H,1-2H3,(H2,9,10,11). The van der Waals surface area contributed by atoms with Crippen molar-refractivity contribution in [2.45, 2.75) is 165 Å². The van der Waals surface area contributed by atoms with Crippen LogP contribution in [0.1, 0.15) is 159 Å². The fraction of sp³-hybridized carbons (Fsp3) is 0.462. The fourth-order valence-corrected chi connectivity index (χ4v) is 10.7. The maximum absolute atomic E-state index is 11.0. The van der Waals surface area contributed by atoms with E-state index in [1.807, 2.05) is 59.8 Å². The number of fused-ring (bicyclic) bond motifs is 7. The summed E-state index contributed by atoms with van der Waals surface area (Å²) in [6.45, 7) is 31.7. The number of nitrogens with two attached hydrogens (primary N) is 4. The molecular formula is C65H96N38O3S. The molecule has 14 heterocycles. The first-order chi connectivity index (χ1) is 51.0. The van der Waals surface area contributed by atoms with E-state index < -0.39 is 10.0 Å². The van der Waals surface area contributed by atoms with E-state index in [4.69, 9.17) is 28.0 Å². The number of aromatic nitrogens is 28. The lowest BCUT2D eigenvalue weighted by Gasteiger charge is -2.16. The Morgan fingerprint density at radius 3 is 1.12 bits per heavy atom. The molecule has 11 N–H and O–H groups in total. The van der Waals surface area contributed by atoms with Crippen molar-refractivity contribution < 1.29 is 13.2 Å². The third-order valence-electron chi connectivity index (χ3n) is 16.3. The second-order valence-electron chi connectivity index (χ2n) is 26.4. The number of imidazole rings is 7. The van der Waals surface area contributed by atoms with Gasteiger partial charge in [0, 0.05) is 69.0 Å². The molecule has 107 heavy (non-hydrogen) atoms. The van der Waals surface area contributed by atoms with Crippen LogP contribution >= 0.6 is 0 Å². The lowest BCUT2D eigenvalue weighted by atomic mass is 10.4. The fourth-order valence-electron chi connectivity index (χ4n) is 10.5. The van der Waals surface area contributed by atoms with Gasteiger partial charge in [-0.3, -0.25) is 20.5 Å². The van der Waals surface area contributed by atoms with Gasteiger partial charge in [0.2, 0.25) is 15.9 Å². The summed E-state index contributed by atoms with van der Waals surface area (Å²) in [5.74, 6) is 21.6. The van der Waals surface area contributed by atoms with Crippen molar-refractivity contribution in [2.24, 2.45) is 17.5 Å². The second-order valence-corrected chi connectivity index (χ2v) is 28.1. The third kappa shape index (κ3) is 18.5. The van der Waals surface area contributed by atoms with Gasteiger partial charge in [0.15, 0.2) is 102 Å². The molecule has 1 aliphatic rings. The van der Waals surface area contributed by atoms with Gasteiger partial charge in [-0.2, -0.15) is 4.98 Å². The molecule has 0 atom stereocenters. The number of nitrogens with one attached hydrogen (secondary N) is 3. The van der Waals surface area contributed by atoms with E-state index in [9.17, 15) is 8.42 Å². The van der Waals surface area contributed by atoms with Crippen LogP contribution in [0.4, 0.5) is 34.9 Å². The van der Waals surface area contributed by atoms with Gasteiger partial charge < -0.3 is 47.8 Å². The van der Waals surface area contributed by atoms with Crippen molar-refractivity contribution >= 4 is 123 Å². The topological polar surface area (TPSA) is 498 Å². The number of nitrogen functional groups attached to an aromatic ring is 1. The third-order valence-corrected chi connectivity index (χ3v) is 16.7. The summed E-state index contributed by atoms with van der Waals surface area (Å²) >= 11 is 0. The van der Waals surface area contributed by atoms with Gasteiger partial charge in [-0.15, -0.1) is 4.83 Å². The minimum absolute atomic E-state index is 0.209. The SMILES string of the molecule is CC(C)n1cnc2c(N(C)N)ncnc21.CC(C)n1cnc2c(N(N)C3CC3)ncnc21.CC(C)n1cnc2c(N)ncnc21.CC(C)n1cnc2c(NNS(C)(=O)=O)ncnc21.CCN(N)c1ncnc2c1ncn2C(C)C.CNc1ncnc2c1ncn2C(C)C.COc1ncnc2c1ncn2C(C)C. The second kappa shape index (κ2) is 34.9. The largest absolute Gasteiger partial charge is 0.479 e. The Bertz CT molecular complexity index is 5250. The molecule has 0 saturated heterocycles. The Kier molecular flexibility index (Phi) is 25.9. The van der Waals surface area contributed by atoms with Crippen molar-refractivity contribution in [3.63, 3.8) is 0 Å². The number of methoxy groups -OCH3 is 1. The zero-order valence-electron chi connectivity index (χ0n) is 63.6. The highest BCUT2D eigenvalue weighted by atomic mass is 32.2. The number of nitrogens with zero attached hydrogens (tertiary/aromatic N) is 31. The lowest BCUT2D eigenvalue weighted by molar-refractivity contribution is 0.401. The molecule has 0 bridgehead atoms. The van der Waals surface area contributed by atoms with Crippen LogP contribution < -0.4 is 58.6 Å². The van der Waals surface area contributed by atoms with E-state index >= 15 is 0 Å². The molecule has 570 valence electrons. The smallest absolute Gasteiger partial charge is 0.245 e. The van der Waals surface area contributed by atoms with Crippen LogP contribution in [0.25, 0.3) is 78.1 Å². The Balaban J connectivity index is 0.000000145. The lowest BCUT2D eigenvalue weighted by Crippen LogP contribution is -2.34. The number of hydrazine groups is 4. The number of hydrogen-bond donors (Lipinski definition) is 7. The van der Waals surface area contributed by atoms with Gasteiger partial charge in [-0.1, -0.05) is 0 Å². The first-order valence-electron chi connectivity index (χ1n) is 34.5. The van der Waals surface area contributed by atoms with Crippen LogP contribution in [0.2, 0.25) is 0 Å². The van der Waals surface area contributed by atoms with Crippen LogP contribution in [0.3, 0.4) is 0 Å². The van der Waals surface area contributed by atoms with Gasteiger partial charge >= 0.3 is 0 Å². The minimum Gasteiger partial charge on any atom is -0.479 e. The quantitative estimate of drug-likeness (QED) is 0.0349. The molecule has 14 aromatic heterocycles. The van der Waals surface area contributed by atoms with Crippen molar-refractivity contribution in [1.29, 1.82) is 0 Å². The normalized spacial score (nSPS) is 12.1. The molecule has 0 radical (unpaired) electrons. The highest BCUT2D eigenvalue weighted by Gasteiger charge is 2.30. The van der Waals surface area contributed by atoms with Crippen molar-refractivity contribution in [3.8, 4) is 5.88 Å². The zero-order chi connectivity index (χ0) is 77.7. The van der Waals surface area contributed by atoms with Crippen LogP contribution in [-0.4, -0.2) is 185 Å². The highest BCUT2D eigenvalue weighted by Crippen LogP contribution is 2.32. The number of sulfonamides is 1. The summed E-state index contributed by atoms with van der Waals surface area (Å²) in [5, 5.41) is 7.74. The van der Waals surface area contributed by atoms with Gasteiger partial charge in [0.1, 0.15) is 55.3 Å². The Labute approximate surface area is 617 Å². The van der Waals surface area contributed by atoms with Crippen molar-refractivity contribution in [2.75, 3.05) is 65.5 Å². The summed E-state index contributed by atoms with van der Waals surface area (Å²) < 4.78 is 41.0. The first kappa shape index (κ1) is 79.4. The van der Waals surface area contributed by atoms with Gasteiger partial charge in [-0.25, -0.2) is 126 Å². The first-order valence-corrected chi connectivity index (χ1v) is 36.4.